The largest absolute Gasteiger partial charge is 0.371 e. The summed E-state index contributed by atoms with van der Waals surface area (Å²) < 4.78 is 0. The number of anilines is 1. The molecule has 1 aliphatic heterocycles. The monoisotopic (exact) mass is 274 g/mol. The van der Waals surface area contributed by atoms with Crippen LogP contribution in [-0.4, -0.2) is 19.1 Å². The zero-order valence-electron chi connectivity index (χ0n) is 13.7. The summed E-state index contributed by atoms with van der Waals surface area (Å²) >= 11 is 0. The van der Waals surface area contributed by atoms with Crippen molar-refractivity contribution in [3.05, 3.63) is 29.3 Å². The number of rotatable bonds is 2. The van der Waals surface area contributed by atoms with Gasteiger partial charge >= 0.3 is 0 Å². The highest BCUT2D eigenvalue weighted by Crippen LogP contribution is 2.31. The molecule has 1 heterocycles. The minimum Gasteiger partial charge on any atom is -0.371 e. The maximum atomic E-state index is 6.03. The van der Waals surface area contributed by atoms with Gasteiger partial charge in [-0.05, 0) is 55.2 Å². The fourth-order valence-corrected chi connectivity index (χ4v) is 3.14. The molecule has 0 radical (unpaired) electrons. The lowest BCUT2D eigenvalue weighted by Gasteiger charge is -2.36. The predicted octanol–water partition coefficient (Wildman–Crippen LogP) is 3.86. The Kier molecular flexibility index (Phi) is 4.43. The van der Waals surface area contributed by atoms with Crippen molar-refractivity contribution >= 4 is 5.69 Å². The second-order valence-electron chi connectivity index (χ2n) is 7.43. The van der Waals surface area contributed by atoms with E-state index in [2.05, 4.69) is 57.7 Å². The fraction of sp³-hybridized carbons (Fsp3) is 0.667. The Morgan fingerprint density at radius 2 is 1.80 bits per heavy atom. The lowest BCUT2D eigenvalue weighted by atomic mass is 9.85. The van der Waals surface area contributed by atoms with Gasteiger partial charge in [0.2, 0.25) is 0 Å². The average Bonchev–Trinajstić information content (AvgIpc) is 2.37. The van der Waals surface area contributed by atoms with Gasteiger partial charge in [0.05, 0.1) is 0 Å². The molecule has 0 aliphatic carbocycles. The summed E-state index contributed by atoms with van der Waals surface area (Å²) in [5.74, 6) is 0.695. The van der Waals surface area contributed by atoms with Gasteiger partial charge < -0.3 is 10.6 Å². The summed E-state index contributed by atoms with van der Waals surface area (Å²) in [6.07, 6.45) is 2.44. The highest BCUT2D eigenvalue weighted by Gasteiger charge is 2.23. The normalized spacial score (nSPS) is 19.2. The van der Waals surface area contributed by atoms with Crippen molar-refractivity contribution in [2.24, 2.45) is 11.7 Å². The van der Waals surface area contributed by atoms with Gasteiger partial charge in [-0.25, -0.2) is 0 Å². The Hall–Kier alpha value is -1.02. The summed E-state index contributed by atoms with van der Waals surface area (Å²) in [6.45, 7) is 13.5. The van der Waals surface area contributed by atoms with Gasteiger partial charge in [0.15, 0.2) is 0 Å². The van der Waals surface area contributed by atoms with Crippen LogP contribution < -0.4 is 10.6 Å². The molecule has 0 bridgehead atoms. The molecule has 1 aromatic carbocycles. The number of benzene rings is 1. The van der Waals surface area contributed by atoms with E-state index in [1.165, 1.54) is 29.7 Å². The molecule has 1 aromatic rings. The van der Waals surface area contributed by atoms with Gasteiger partial charge in [-0.1, -0.05) is 32.9 Å². The Morgan fingerprint density at radius 3 is 2.25 bits per heavy atom. The third kappa shape index (κ3) is 3.35. The molecule has 20 heavy (non-hydrogen) atoms. The molecule has 0 amide bonds. The fourth-order valence-electron chi connectivity index (χ4n) is 3.14. The number of hydrogen-bond donors (Lipinski definition) is 1. The third-order valence-corrected chi connectivity index (χ3v) is 4.69. The first-order valence-electron chi connectivity index (χ1n) is 7.90. The van der Waals surface area contributed by atoms with Gasteiger partial charge in [0.25, 0.3) is 0 Å². The summed E-state index contributed by atoms with van der Waals surface area (Å²) in [5, 5.41) is 0. The first kappa shape index (κ1) is 15.4. The van der Waals surface area contributed by atoms with E-state index in [-0.39, 0.29) is 5.41 Å². The Balaban J connectivity index is 2.11. The maximum absolute atomic E-state index is 6.03. The lowest BCUT2D eigenvalue weighted by Crippen LogP contribution is -2.40. The van der Waals surface area contributed by atoms with E-state index in [0.717, 1.165) is 13.1 Å². The van der Waals surface area contributed by atoms with Crippen molar-refractivity contribution in [2.45, 2.75) is 58.9 Å². The quantitative estimate of drug-likeness (QED) is 0.887. The van der Waals surface area contributed by atoms with E-state index in [9.17, 15) is 0 Å². The van der Waals surface area contributed by atoms with Crippen LogP contribution in [0.4, 0.5) is 5.69 Å². The van der Waals surface area contributed by atoms with E-state index in [1.54, 1.807) is 0 Å². The molecular formula is C18H30N2. The van der Waals surface area contributed by atoms with E-state index in [4.69, 9.17) is 5.73 Å². The van der Waals surface area contributed by atoms with Gasteiger partial charge in [-0.15, -0.1) is 0 Å². The molecule has 112 valence electrons. The minimum atomic E-state index is 0.227. The lowest BCUT2D eigenvalue weighted by molar-refractivity contribution is 0.354. The molecule has 2 nitrogen and oxygen atoms in total. The molecule has 1 fully saturated rings. The summed E-state index contributed by atoms with van der Waals surface area (Å²) in [7, 11) is 0. The van der Waals surface area contributed by atoms with Crippen molar-refractivity contribution in [1.82, 2.24) is 0 Å². The second-order valence-corrected chi connectivity index (χ2v) is 7.43. The number of piperidine rings is 1. The second kappa shape index (κ2) is 5.77. The van der Waals surface area contributed by atoms with Crippen LogP contribution in [0.5, 0.6) is 0 Å². The van der Waals surface area contributed by atoms with Crippen molar-refractivity contribution < 1.29 is 0 Å². The Morgan fingerprint density at radius 1 is 1.20 bits per heavy atom. The van der Waals surface area contributed by atoms with Crippen LogP contribution >= 0.6 is 0 Å². The SMILES string of the molecule is Cc1cc(C(C)(C)C)ccc1N1CCC(C(C)N)CC1. The van der Waals surface area contributed by atoms with Gasteiger partial charge in [-0.3, -0.25) is 0 Å². The molecule has 1 unspecified atom stereocenters. The molecule has 0 spiro atoms. The first-order valence-corrected chi connectivity index (χ1v) is 7.90. The first-order chi connectivity index (χ1) is 9.29. The molecule has 2 heteroatoms. The van der Waals surface area contributed by atoms with Gasteiger partial charge in [0.1, 0.15) is 0 Å². The van der Waals surface area contributed by atoms with E-state index in [1.807, 2.05) is 0 Å². The summed E-state index contributed by atoms with van der Waals surface area (Å²) in [6, 6.07) is 7.29. The van der Waals surface area contributed by atoms with Crippen LogP contribution in [0.2, 0.25) is 0 Å². The third-order valence-electron chi connectivity index (χ3n) is 4.69. The molecule has 2 N–H and O–H groups in total. The molecule has 1 saturated heterocycles. The van der Waals surface area contributed by atoms with Crippen molar-refractivity contribution in [3.63, 3.8) is 0 Å². The Labute approximate surface area is 124 Å². The molecule has 2 rings (SSSR count). The van der Waals surface area contributed by atoms with Crippen LogP contribution in [-0.2, 0) is 5.41 Å². The van der Waals surface area contributed by atoms with Crippen LogP contribution in [0.15, 0.2) is 18.2 Å². The maximum Gasteiger partial charge on any atom is 0.0396 e. The minimum absolute atomic E-state index is 0.227. The van der Waals surface area contributed by atoms with Crippen LogP contribution in [0.1, 0.15) is 51.7 Å². The van der Waals surface area contributed by atoms with Crippen molar-refractivity contribution in [3.8, 4) is 0 Å². The van der Waals surface area contributed by atoms with Crippen LogP contribution in [0, 0.1) is 12.8 Å². The molecular weight excluding hydrogens is 244 g/mol. The zero-order chi connectivity index (χ0) is 14.9. The molecule has 1 aliphatic rings. The van der Waals surface area contributed by atoms with E-state index < -0.39 is 0 Å². The number of nitrogens with zero attached hydrogens (tertiary/aromatic N) is 1. The standard InChI is InChI=1S/C18H30N2/c1-13-12-16(18(3,4)5)6-7-17(13)20-10-8-15(9-11-20)14(2)19/h6-7,12,14-15H,8-11,19H2,1-5H3. The predicted molar refractivity (Wildman–Crippen MR) is 88.5 cm³/mol. The Bertz CT molecular complexity index is 449. The van der Waals surface area contributed by atoms with Crippen LogP contribution in [0.3, 0.4) is 0 Å². The smallest absolute Gasteiger partial charge is 0.0396 e. The molecule has 0 aromatic heterocycles. The van der Waals surface area contributed by atoms with Crippen molar-refractivity contribution in [1.29, 1.82) is 0 Å². The zero-order valence-corrected chi connectivity index (χ0v) is 13.7. The average molecular weight is 274 g/mol. The number of hydrogen-bond acceptors (Lipinski definition) is 2. The van der Waals surface area contributed by atoms with E-state index >= 15 is 0 Å². The highest BCUT2D eigenvalue weighted by molar-refractivity contribution is 5.55. The van der Waals surface area contributed by atoms with E-state index in [0.29, 0.717) is 12.0 Å². The number of nitrogens with two attached hydrogens (primary N) is 1. The molecule has 0 saturated carbocycles. The van der Waals surface area contributed by atoms with Crippen molar-refractivity contribution in [2.75, 3.05) is 18.0 Å². The highest BCUT2D eigenvalue weighted by atomic mass is 15.1. The number of aryl methyl sites for hydroxylation is 1. The topological polar surface area (TPSA) is 29.3 Å². The van der Waals surface area contributed by atoms with Gasteiger partial charge in [-0.2, -0.15) is 0 Å². The summed E-state index contributed by atoms with van der Waals surface area (Å²) in [4.78, 5) is 2.53. The van der Waals surface area contributed by atoms with Gasteiger partial charge in [0, 0.05) is 24.8 Å². The summed E-state index contributed by atoms with van der Waals surface area (Å²) in [5.41, 5.74) is 10.5. The van der Waals surface area contributed by atoms with Crippen LogP contribution in [0.25, 0.3) is 0 Å². The molecule has 1 atom stereocenters.